The minimum Gasteiger partial charge on any atom is -0.375 e. The van der Waals surface area contributed by atoms with Crippen molar-refractivity contribution in [3.8, 4) is 0 Å². The molecule has 2 fully saturated rings. The van der Waals surface area contributed by atoms with Gasteiger partial charge in [0.2, 0.25) is 0 Å². The number of hydrogen-bond donors (Lipinski definition) is 1. The van der Waals surface area contributed by atoms with Crippen LogP contribution in [-0.4, -0.2) is 61.6 Å². The highest BCUT2D eigenvalue weighted by Crippen LogP contribution is 2.21. The van der Waals surface area contributed by atoms with Gasteiger partial charge in [0.25, 0.3) is 0 Å². The molecule has 2 aliphatic rings. The van der Waals surface area contributed by atoms with Crippen LogP contribution in [0.5, 0.6) is 0 Å². The Balaban J connectivity index is 1.54. The van der Waals surface area contributed by atoms with E-state index in [1.165, 1.54) is 0 Å². The number of aliphatic imine (C=N–C) groups is 1. The van der Waals surface area contributed by atoms with E-state index in [9.17, 15) is 0 Å². The second-order valence-electron chi connectivity index (χ2n) is 6.68. The van der Waals surface area contributed by atoms with Crippen LogP contribution in [0, 0.1) is 0 Å². The first-order valence-electron chi connectivity index (χ1n) is 8.81. The second-order valence-corrected chi connectivity index (χ2v) is 6.68. The summed E-state index contributed by atoms with van der Waals surface area (Å²) in [5.41, 5.74) is 0.978. The van der Waals surface area contributed by atoms with Crippen molar-refractivity contribution in [3.05, 3.63) is 17.5 Å². The summed E-state index contributed by atoms with van der Waals surface area (Å²) in [6.45, 7) is 7.97. The lowest BCUT2D eigenvalue weighted by Gasteiger charge is -2.37. The molecule has 0 aliphatic carbocycles. The maximum atomic E-state index is 5.90. The van der Waals surface area contributed by atoms with Crippen molar-refractivity contribution in [2.24, 2.45) is 4.99 Å². The van der Waals surface area contributed by atoms with E-state index in [4.69, 9.17) is 14.0 Å². The number of morpholine rings is 1. The van der Waals surface area contributed by atoms with Crippen molar-refractivity contribution in [1.82, 2.24) is 15.4 Å². The molecule has 0 amide bonds. The molecule has 1 aromatic heterocycles. The van der Waals surface area contributed by atoms with Gasteiger partial charge in [0.15, 0.2) is 11.7 Å². The highest BCUT2D eigenvalue weighted by atomic mass is 16.5. The second kappa shape index (κ2) is 7.98. The summed E-state index contributed by atoms with van der Waals surface area (Å²) < 4.78 is 17.1. The van der Waals surface area contributed by atoms with Crippen molar-refractivity contribution >= 4 is 5.96 Å². The summed E-state index contributed by atoms with van der Waals surface area (Å²) in [7, 11) is 1.80. The molecular formula is C17H28N4O3. The molecule has 2 unspecified atom stereocenters. The van der Waals surface area contributed by atoms with Gasteiger partial charge in [0.05, 0.1) is 24.9 Å². The zero-order valence-electron chi connectivity index (χ0n) is 14.8. The summed E-state index contributed by atoms with van der Waals surface area (Å²) in [4.78, 5) is 6.63. The van der Waals surface area contributed by atoms with E-state index in [1.807, 2.05) is 6.07 Å². The molecule has 2 saturated heterocycles. The van der Waals surface area contributed by atoms with E-state index in [-0.39, 0.29) is 12.2 Å². The Morgan fingerprint density at radius 1 is 1.38 bits per heavy atom. The molecule has 2 atom stereocenters. The van der Waals surface area contributed by atoms with E-state index < -0.39 is 0 Å². The van der Waals surface area contributed by atoms with Gasteiger partial charge in [-0.15, -0.1) is 0 Å². The molecule has 7 heteroatoms. The van der Waals surface area contributed by atoms with Gasteiger partial charge < -0.3 is 24.2 Å². The minimum absolute atomic E-state index is 0.123. The molecule has 134 valence electrons. The Kier molecular flexibility index (Phi) is 5.73. The molecule has 0 radical (unpaired) electrons. The van der Waals surface area contributed by atoms with E-state index in [0.717, 1.165) is 50.0 Å². The number of nitrogens with one attached hydrogen (secondary N) is 1. The van der Waals surface area contributed by atoms with Crippen LogP contribution < -0.4 is 5.32 Å². The first-order valence-corrected chi connectivity index (χ1v) is 8.81. The third kappa shape index (κ3) is 4.08. The summed E-state index contributed by atoms with van der Waals surface area (Å²) in [6, 6.07) is 2.00. The normalized spacial score (nSPS) is 25.5. The lowest BCUT2D eigenvalue weighted by atomic mass is 10.1. The number of guanidine groups is 1. The summed E-state index contributed by atoms with van der Waals surface area (Å²) in [5, 5.41) is 7.46. The van der Waals surface area contributed by atoms with Gasteiger partial charge >= 0.3 is 0 Å². The van der Waals surface area contributed by atoms with Crippen molar-refractivity contribution in [1.29, 1.82) is 0 Å². The molecule has 0 saturated carbocycles. The fraction of sp³-hybridized carbons (Fsp3) is 0.765. The van der Waals surface area contributed by atoms with Crippen molar-refractivity contribution in [3.63, 3.8) is 0 Å². The lowest BCUT2D eigenvalue weighted by molar-refractivity contribution is -0.0817. The van der Waals surface area contributed by atoms with Gasteiger partial charge in [-0.1, -0.05) is 19.0 Å². The zero-order valence-corrected chi connectivity index (χ0v) is 14.8. The Bertz CT molecular complexity index is 552. The molecule has 3 heterocycles. The number of hydrogen-bond acceptors (Lipinski definition) is 5. The third-order valence-electron chi connectivity index (χ3n) is 4.57. The van der Waals surface area contributed by atoms with Crippen molar-refractivity contribution in [2.75, 3.05) is 33.4 Å². The topological polar surface area (TPSA) is 72.1 Å². The molecule has 2 aliphatic heterocycles. The molecule has 0 bridgehead atoms. The molecular weight excluding hydrogens is 308 g/mol. The van der Waals surface area contributed by atoms with Gasteiger partial charge in [-0.25, -0.2) is 0 Å². The Labute approximate surface area is 143 Å². The predicted molar refractivity (Wildman–Crippen MR) is 91.1 cm³/mol. The standard InChI is InChI=1S/C17H28N4O3/c1-12(2)14-9-13(24-20-14)10-19-17(18-3)21-6-8-23-16(11-21)15-5-4-7-22-15/h9,12,15-16H,4-8,10-11H2,1-3H3,(H,18,19). The van der Waals surface area contributed by atoms with Crippen molar-refractivity contribution in [2.45, 2.75) is 51.4 Å². The van der Waals surface area contributed by atoms with Gasteiger partial charge in [-0.05, 0) is 18.8 Å². The number of rotatable bonds is 4. The molecule has 7 nitrogen and oxygen atoms in total. The van der Waals surface area contributed by atoms with Crippen LogP contribution in [0.3, 0.4) is 0 Å². The monoisotopic (exact) mass is 336 g/mol. The highest BCUT2D eigenvalue weighted by molar-refractivity contribution is 5.79. The third-order valence-corrected chi connectivity index (χ3v) is 4.57. The fourth-order valence-corrected chi connectivity index (χ4v) is 3.17. The highest BCUT2D eigenvalue weighted by Gasteiger charge is 2.32. The fourth-order valence-electron chi connectivity index (χ4n) is 3.17. The molecule has 0 spiro atoms. The van der Waals surface area contributed by atoms with Gasteiger partial charge in [-0.2, -0.15) is 0 Å². The maximum absolute atomic E-state index is 5.90. The van der Waals surface area contributed by atoms with Crippen LogP contribution in [0.25, 0.3) is 0 Å². The lowest BCUT2D eigenvalue weighted by Crippen LogP contribution is -2.53. The SMILES string of the molecule is CN=C(NCc1cc(C(C)C)no1)N1CCOC(C2CCCO2)C1. The van der Waals surface area contributed by atoms with Crippen LogP contribution in [0.4, 0.5) is 0 Å². The Hall–Kier alpha value is -1.60. The first kappa shape index (κ1) is 17.2. The maximum Gasteiger partial charge on any atom is 0.194 e. The van der Waals surface area contributed by atoms with Crippen LogP contribution in [-0.2, 0) is 16.0 Å². The average Bonchev–Trinajstić information content (AvgIpc) is 3.28. The number of nitrogens with zero attached hydrogens (tertiary/aromatic N) is 3. The summed E-state index contributed by atoms with van der Waals surface area (Å²) >= 11 is 0. The van der Waals surface area contributed by atoms with Crippen LogP contribution >= 0.6 is 0 Å². The first-order chi connectivity index (χ1) is 11.7. The van der Waals surface area contributed by atoms with Crippen LogP contribution in [0.15, 0.2) is 15.6 Å². The predicted octanol–water partition coefficient (Wildman–Crippen LogP) is 1.75. The Morgan fingerprint density at radius 3 is 2.88 bits per heavy atom. The van der Waals surface area contributed by atoms with Gasteiger partial charge in [0.1, 0.15) is 6.10 Å². The van der Waals surface area contributed by atoms with Crippen molar-refractivity contribution < 1.29 is 14.0 Å². The Morgan fingerprint density at radius 2 is 2.21 bits per heavy atom. The smallest absolute Gasteiger partial charge is 0.194 e. The zero-order chi connectivity index (χ0) is 16.9. The summed E-state index contributed by atoms with van der Waals surface area (Å²) in [6.07, 6.45) is 2.55. The largest absolute Gasteiger partial charge is 0.375 e. The number of aromatic nitrogens is 1. The molecule has 3 rings (SSSR count). The van der Waals surface area contributed by atoms with E-state index in [2.05, 4.69) is 34.2 Å². The molecule has 24 heavy (non-hydrogen) atoms. The number of ether oxygens (including phenoxy) is 2. The molecule has 0 aromatic carbocycles. The average molecular weight is 336 g/mol. The summed E-state index contributed by atoms with van der Waals surface area (Å²) in [5.74, 6) is 2.06. The van der Waals surface area contributed by atoms with E-state index in [0.29, 0.717) is 19.1 Å². The van der Waals surface area contributed by atoms with E-state index in [1.54, 1.807) is 7.05 Å². The van der Waals surface area contributed by atoms with Crippen LogP contribution in [0.1, 0.15) is 44.1 Å². The minimum atomic E-state index is 0.123. The quantitative estimate of drug-likeness (QED) is 0.667. The van der Waals surface area contributed by atoms with Gasteiger partial charge in [0, 0.05) is 32.8 Å². The van der Waals surface area contributed by atoms with E-state index >= 15 is 0 Å². The molecule has 1 N–H and O–H groups in total. The molecule has 1 aromatic rings. The van der Waals surface area contributed by atoms with Crippen LogP contribution in [0.2, 0.25) is 0 Å². The van der Waals surface area contributed by atoms with Gasteiger partial charge in [-0.3, -0.25) is 4.99 Å².